The van der Waals surface area contributed by atoms with Crippen LogP contribution in [-0.4, -0.2) is 22.2 Å². The number of nitrogens with zero attached hydrogens (tertiary/aromatic N) is 2. The third-order valence-corrected chi connectivity index (χ3v) is 5.13. The number of aliphatic hydroxyl groups is 1. The fourth-order valence-corrected chi connectivity index (χ4v) is 3.63. The van der Waals surface area contributed by atoms with Gasteiger partial charge in [0, 0.05) is 21.4 Å². The van der Waals surface area contributed by atoms with Crippen LogP contribution < -0.4 is 10.1 Å². The minimum Gasteiger partial charge on any atom is -0.505 e. The number of pyridine rings is 1. The number of aromatic nitrogens is 1. The first-order chi connectivity index (χ1) is 13.1. The van der Waals surface area contributed by atoms with E-state index in [1.165, 1.54) is 18.2 Å². The van der Waals surface area contributed by atoms with E-state index in [0.717, 1.165) is 15.8 Å². The zero-order chi connectivity index (χ0) is 18.8. The van der Waals surface area contributed by atoms with Crippen LogP contribution >= 0.6 is 23.5 Å². The Balaban J connectivity index is 1.54. The fraction of sp³-hybridized carbons (Fsp3) is 0. The average Bonchev–Trinajstić information content (AvgIpc) is 2.68. The zero-order valence-corrected chi connectivity index (χ0v) is 15.4. The van der Waals surface area contributed by atoms with Crippen molar-refractivity contribution in [1.82, 2.24) is 15.1 Å². The van der Waals surface area contributed by atoms with Gasteiger partial charge < -0.3 is 9.83 Å². The lowest BCUT2D eigenvalue weighted by molar-refractivity contribution is -0.117. The smallest absolute Gasteiger partial charge is 0.292 e. The summed E-state index contributed by atoms with van der Waals surface area (Å²) in [5.74, 6) is -0.682. The first kappa shape index (κ1) is 17.4. The number of hydrogen-bond donors (Lipinski definition) is 3. The number of rotatable bonds is 3. The van der Waals surface area contributed by atoms with Crippen molar-refractivity contribution in [2.24, 2.45) is 5.10 Å². The summed E-state index contributed by atoms with van der Waals surface area (Å²) < 4.78 is 2.83. The molecule has 0 saturated carbocycles. The van der Waals surface area contributed by atoms with E-state index in [4.69, 9.17) is 11.6 Å². The molecule has 0 fully saturated rings. The van der Waals surface area contributed by atoms with Gasteiger partial charge in [0.25, 0.3) is 5.91 Å². The highest BCUT2D eigenvalue weighted by Gasteiger charge is 2.23. The summed E-state index contributed by atoms with van der Waals surface area (Å²) in [4.78, 5) is 17.5. The Bertz CT molecular complexity index is 1110. The Morgan fingerprint density at radius 3 is 2.89 bits per heavy atom. The molecular formula is C19H13ClN4O2S. The standard InChI is InChI=1S/C19H13ClN4O2S/c20-18-12(9-11-5-1-3-7-14(11)22-18)10-21-23-19(26)16-17(25)13-6-2-4-8-15(13)27-24-16/h1-10,24-25H,(H,23,26). The SMILES string of the molecule is O=C(NN=Cc1cc2ccccc2nc1Cl)C1=C(O)c2ccccc2SN1. The van der Waals surface area contributed by atoms with Gasteiger partial charge in [-0.1, -0.05) is 41.9 Å². The topological polar surface area (TPSA) is 86.6 Å². The molecule has 0 bridgehead atoms. The van der Waals surface area contributed by atoms with Crippen LogP contribution in [0.2, 0.25) is 5.15 Å². The minimum absolute atomic E-state index is 0.0404. The molecule has 1 aromatic heterocycles. The Kier molecular flexibility index (Phi) is 4.70. The van der Waals surface area contributed by atoms with Crippen molar-refractivity contribution < 1.29 is 9.90 Å². The highest BCUT2D eigenvalue weighted by Crippen LogP contribution is 2.32. The summed E-state index contributed by atoms with van der Waals surface area (Å²) in [6.07, 6.45) is 1.42. The normalized spacial score (nSPS) is 13.5. The van der Waals surface area contributed by atoms with Gasteiger partial charge in [-0.15, -0.1) is 0 Å². The van der Waals surface area contributed by atoms with Crippen LogP contribution in [-0.2, 0) is 4.79 Å². The van der Waals surface area contributed by atoms with Gasteiger partial charge >= 0.3 is 0 Å². The van der Waals surface area contributed by atoms with Gasteiger partial charge in [-0.3, -0.25) is 4.79 Å². The van der Waals surface area contributed by atoms with Gasteiger partial charge in [-0.25, -0.2) is 10.4 Å². The van der Waals surface area contributed by atoms with Crippen LogP contribution in [0.1, 0.15) is 11.1 Å². The molecule has 0 saturated heterocycles. The van der Waals surface area contributed by atoms with Crippen molar-refractivity contribution in [3.63, 3.8) is 0 Å². The number of hydrogen-bond acceptors (Lipinski definition) is 6. The molecule has 8 heteroatoms. The molecule has 27 heavy (non-hydrogen) atoms. The molecule has 134 valence electrons. The molecule has 3 aromatic rings. The van der Waals surface area contributed by atoms with Crippen molar-refractivity contribution in [2.75, 3.05) is 0 Å². The molecule has 0 unspecified atom stereocenters. The van der Waals surface area contributed by atoms with E-state index in [-0.39, 0.29) is 16.6 Å². The second-order valence-electron chi connectivity index (χ2n) is 5.68. The molecule has 2 aromatic carbocycles. The molecule has 6 nitrogen and oxygen atoms in total. The minimum atomic E-state index is -0.560. The molecule has 0 spiro atoms. The molecule has 0 radical (unpaired) electrons. The van der Waals surface area contributed by atoms with E-state index in [9.17, 15) is 9.90 Å². The van der Waals surface area contributed by atoms with Crippen molar-refractivity contribution >= 4 is 52.3 Å². The molecule has 1 aliphatic heterocycles. The quantitative estimate of drug-likeness (QED) is 0.271. The van der Waals surface area contributed by atoms with E-state index >= 15 is 0 Å². The molecule has 0 aliphatic carbocycles. The Morgan fingerprint density at radius 2 is 2.00 bits per heavy atom. The number of benzene rings is 2. The highest BCUT2D eigenvalue weighted by molar-refractivity contribution is 7.97. The number of nitrogens with one attached hydrogen (secondary N) is 2. The molecule has 1 amide bonds. The number of carbonyl (C=O) groups is 1. The van der Waals surface area contributed by atoms with Gasteiger partial charge in [0.05, 0.1) is 11.7 Å². The Hall–Kier alpha value is -3.03. The monoisotopic (exact) mass is 396 g/mol. The number of hydrazone groups is 1. The third kappa shape index (κ3) is 3.47. The van der Waals surface area contributed by atoms with E-state index in [2.05, 4.69) is 20.2 Å². The summed E-state index contributed by atoms with van der Waals surface area (Å²) in [6.45, 7) is 0. The maximum absolute atomic E-state index is 12.3. The molecular weight excluding hydrogens is 384 g/mol. The Labute approximate surface area is 164 Å². The number of amides is 1. The molecule has 1 aliphatic rings. The van der Waals surface area contributed by atoms with Gasteiger partial charge in [-0.05, 0) is 36.2 Å². The summed E-state index contributed by atoms with van der Waals surface area (Å²) in [5.41, 5.74) is 4.38. The van der Waals surface area contributed by atoms with Crippen LogP contribution in [0.4, 0.5) is 0 Å². The second kappa shape index (κ2) is 7.30. The number of carbonyl (C=O) groups excluding carboxylic acids is 1. The number of para-hydroxylation sites is 1. The van der Waals surface area contributed by atoms with Crippen LogP contribution in [0.15, 0.2) is 70.3 Å². The maximum Gasteiger partial charge on any atom is 0.292 e. The van der Waals surface area contributed by atoms with Crippen LogP contribution in [0.5, 0.6) is 0 Å². The molecule has 4 rings (SSSR count). The average molecular weight is 397 g/mol. The fourth-order valence-electron chi connectivity index (χ4n) is 2.61. The summed E-state index contributed by atoms with van der Waals surface area (Å²) in [6, 6.07) is 16.7. The number of halogens is 1. The maximum atomic E-state index is 12.3. The van der Waals surface area contributed by atoms with E-state index in [1.807, 2.05) is 42.5 Å². The summed E-state index contributed by atoms with van der Waals surface area (Å²) in [5, 5.41) is 15.5. The molecule has 3 N–H and O–H groups in total. The predicted molar refractivity (Wildman–Crippen MR) is 107 cm³/mol. The van der Waals surface area contributed by atoms with E-state index in [1.54, 1.807) is 12.1 Å². The number of fused-ring (bicyclic) bond motifs is 2. The summed E-state index contributed by atoms with van der Waals surface area (Å²) in [7, 11) is 0. The van der Waals surface area contributed by atoms with Gasteiger partial charge in [0.1, 0.15) is 5.15 Å². The van der Waals surface area contributed by atoms with Crippen molar-refractivity contribution in [3.05, 3.63) is 76.6 Å². The van der Waals surface area contributed by atoms with E-state index < -0.39 is 5.91 Å². The van der Waals surface area contributed by atoms with Crippen molar-refractivity contribution in [2.45, 2.75) is 4.90 Å². The largest absolute Gasteiger partial charge is 0.505 e. The highest BCUT2D eigenvalue weighted by atomic mass is 35.5. The second-order valence-corrected chi connectivity index (χ2v) is 6.89. The van der Waals surface area contributed by atoms with Crippen molar-refractivity contribution in [3.8, 4) is 0 Å². The van der Waals surface area contributed by atoms with Crippen LogP contribution in [0.3, 0.4) is 0 Å². The van der Waals surface area contributed by atoms with Gasteiger partial charge in [0.15, 0.2) is 11.5 Å². The van der Waals surface area contributed by atoms with Gasteiger partial charge in [0.2, 0.25) is 0 Å². The first-order valence-corrected chi connectivity index (χ1v) is 9.17. The lowest BCUT2D eigenvalue weighted by atomic mass is 10.1. The third-order valence-electron chi connectivity index (χ3n) is 3.94. The zero-order valence-electron chi connectivity index (χ0n) is 13.8. The predicted octanol–water partition coefficient (Wildman–Crippen LogP) is 3.88. The van der Waals surface area contributed by atoms with Gasteiger partial charge in [-0.2, -0.15) is 5.10 Å². The van der Waals surface area contributed by atoms with Crippen molar-refractivity contribution in [1.29, 1.82) is 0 Å². The molecule has 2 heterocycles. The van der Waals surface area contributed by atoms with Crippen LogP contribution in [0.25, 0.3) is 16.7 Å². The lowest BCUT2D eigenvalue weighted by Crippen LogP contribution is -2.28. The summed E-state index contributed by atoms with van der Waals surface area (Å²) >= 11 is 7.42. The number of aliphatic hydroxyl groups excluding tert-OH is 1. The lowest BCUT2D eigenvalue weighted by Gasteiger charge is -2.18. The first-order valence-electron chi connectivity index (χ1n) is 7.97. The van der Waals surface area contributed by atoms with Crippen LogP contribution in [0, 0.1) is 0 Å². The Morgan fingerprint density at radius 1 is 1.22 bits per heavy atom. The van der Waals surface area contributed by atoms with E-state index in [0.29, 0.717) is 11.1 Å². The molecule has 0 atom stereocenters.